The van der Waals surface area contributed by atoms with Gasteiger partial charge in [-0.1, -0.05) is 60.7 Å². The zero-order valence-electron chi connectivity index (χ0n) is 12.5. The van der Waals surface area contributed by atoms with Gasteiger partial charge in [-0.15, -0.1) is 0 Å². The van der Waals surface area contributed by atoms with Crippen molar-refractivity contribution in [1.82, 2.24) is 0 Å². The van der Waals surface area contributed by atoms with Crippen molar-refractivity contribution in [2.24, 2.45) is 0 Å². The van der Waals surface area contributed by atoms with Crippen molar-refractivity contribution in [2.75, 3.05) is 7.11 Å². The van der Waals surface area contributed by atoms with Gasteiger partial charge in [-0.2, -0.15) is 0 Å². The molecule has 1 aliphatic rings. The first kappa shape index (κ1) is 14.8. The summed E-state index contributed by atoms with van der Waals surface area (Å²) in [5.74, 6) is 1.56. The molecule has 1 atom stereocenters. The topological polar surface area (TPSA) is 52.6 Å². The quantitative estimate of drug-likeness (QED) is 0.646. The number of benzene rings is 2. The third kappa shape index (κ3) is 2.68. The number of Topliss-reactive ketones (excluding diaryl/α,β-unsaturated/α-hetero) is 1. The summed E-state index contributed by atoms with van der Waals surface area (Å²) in [6.07, 6.45) is -0.796. The molecule has 0 saturated carbocycles. The zero-order chi connectivity index (χ0) is 16.2. The van der Waals surface area contributed by atoms with Crippen molar-refractivity contribution in [3.63, 3.8) is 0 Å². The van der Waals surface area contributed by atoms with Crippen LogP contribution in [0, 0.1) is 0 Å². The Morgan fingerprint density at radius 1 is 1.00 bits per heavy atom. The summed E-state index contributed by atoms with van der Waals surface area (Å²) in [4.78, 5) is 23.9. The predicted octanol–water partition coefficient (Wildman–Crippen LogP) is 3.10. The summed E-state index contributed by atoms with van der Waals surface area (Å²) in [6.45, 7) is 0. The van der Waals surface area contributed by atoms with Gasteiger partial charge in [0.15, 0.2) is 11.9 Å². The Labute approximate surface area is 133 Å². The van der Waals surface area contributed by atoms with Crippen LogP contribution in [-0.4, -0.2) is 18.8 Å². The number of rotatable bonds is 3. The molecule has 0 aromatic heterocycles. The average molecular weight is 306 g/mol. The lowest BCUT2D eigenvalue weighted by Gasteiger charge is -2.27. The first-order valence-electron chi connectivity index (χ1n) is 7.11. The van der Waals surface area contributed by atoms with E-state index in [9.17, 15) is 9.59 Å². The fraction of sp³-hybridized carbons (Fsp3) is 0.105. The first-order chi connectivity index (χ1) is 11.3. The fourth-order valence-electron chi connectivity index (χ4n) is 2.51. The number of methoxy groups -OCH3 is 1. The van der Waals surface area contributed by atoms with Gasteiger partial charge in [-0.05, 0) is 5.56 Å². The fourth-order valence-corrected chi connectivity index (χ4v) is 2.51. The van der Waals surface area contributed by atoms with E-state index in [1.165, 1.54) is 7.11 Å². The number of ketones is 1. The second-order valence-electron chi connectivity index (χ2n) is 4.98. The van der Waals surface area contributed by atoms with Gasteiger partial charge in [0, 0.05) is 5.56 Å². The van der Waals surface area contributed by atoms with E-state index in [0.29, 0.717) is 16.9 Å². The highest BCUT2D eigenvalue weighted by Crippen LogP contribution is 2.38. The molecule has 1 unspecified atom stereocenters. The van der Waals surface area contributed by atoms with Crippen LogP contribution in [0.3, 0.4) is 0 Å². The number of hydrogen-bond acceptors (Lipinski definition) is 4. The Hall–Kier alpha value is -3.10. The van der Waals surface area contributed by atoms with Crippen LogP contribution < -0.4 is 0 Å². The highest BCUT2D eigenvalue weighted by atomic mass is 16.5. The molecule has 4 nitrogen and oxygen atoms in total. The highest BCUT2D eigenvalue weighted by molar-refractivity contribution is 6.16. The minimum absolute atomic E-state index is 0.0155. The maximum atomic E-state index is 12.6. The van der Waals surface area contributed by atoms with E-state index < -0.39 is 11.9 Å². The molecular formula is C19H14O4. The van der Waals surface area contributed by atoms with Crippen LogP contribution >= 0.6 is 0 Å². The first-order valence-corrected chi connectivity index (χ1v) is 7.11. The van der Waals surface area contributed by atoms with Crippen LogP contribution in [0.2, 0.25) is 0 Å². The van der Waals surface area contributed by atoms with E-state index in [4.69, 9.17) is 9.47 Å². The van der Waals surface area contributed by atoms with E-state index >= 15 is 0 Å². The van der Waals surface area contributed by atoms with Crippen molar-refractivity contribution in [1.29, 1.82) is 0 Å². The number of ether oxygens (including phenoxy) is 2. The minimum atomic E-state index is -0.796. The van der Waals surface area contributed by atoms with E-state index in [1.54, 1.807) is 18.1 Å². The van der Waals surface area contributed by atoms with Gasteiger partial charge in [0.05, 0.1) is 7.11 Å². The van der Waals surface area contributed by atoms with Gasteiger partial charge in [-0.3, -0.25) is 4.79 Å². The van der Waals surface area contributed by atoms with Gasteiger partial charge < -0.3 is 9.47 Å². The smallest absolute Gasteiger partial charge is 0.242 e. The molecular weight excluding hydrogens is 292 g/mol. The van der Waals surface area contributed by atoms with E-state index in [0.717, 1.165) is 0 Å². The van der Waals surface area contributed by atoms with E-state index in [2.05, 4.69) is 0 Å². The van der Waals surface area contributed by atoms with Crippen molar-refractivity contribution in [3.8, 4) is 0 Å². The molecule has 2 aromatic carbocycles. The number of carbonyl (C=O) groups excluding carboxylic acids is 2. The standard InChI is InChI=1S/C19H14O4/c1-22-19-16(21)15(12-20)17(13-8-4-2-5-9-13)23-18(19)14-10-6-3-7-11-14/h2-11,17H,1H3. The van der Waals surface area contributed by atoms with Gasteiger partial charge in [0.2, 0.25) is 11.5 Å². The number of allylic oxidation sites excluding steroid dienone is 1. The van der Waals surface area contributed by atoms with Gasteiger partial charge in [-0.25, -0.2) is 4.79 Å². The van der Waals surface area contributed by atoms with Crippen molar-refractivity contribution in [3.05, 3.63) is 83.1 Å². The van der Waals surface area contributed by atoms with E-state index in [1.807, 2.05) is 48.5 Å². The summed E-state index contributed by atoms with van der Waals surface area (Å²) < 4.78 is 11.2. The SMILES string of the molecule is COC1=C(c2ccccc2)OC(c2ccccc2)C(=C=O)C1=O. The second-order valence-corrected chi connectivity index (χ2v) is 4.98. The van der Waals surface area contributed by atoms with Crippen molar-refractivity contribution < 1.29 is 19.1 Å². The minimum Gasteiger partial charge on any atom is -0.490 e. The Bertz CT molecular complexity index is 800. The molecule has 0 bridgehead atoms. The average Bonchev–Trinajstić information content (AvgIpc) is 2.62. The van der Waals surface area contributed by atoms with Crippen LogP contribution in [0.5, 0.6) is 0 Å². The largest absolute Gasteiger partial charge is 0.490 e. The van der Waals surface area contributed by atoms with Crippen LogP contribution in [0.4, 0.5) is 0 Å². The van der Waals surface area contributed by atoms with Gasteiger partial charge in [0.1, 0.15) is 11.5 Å². The van der Waals surface area contributed by atoms with Crippen LogP contribution in [0.1, 0.15) is 17.2 Å². The number of carbonyl (C=O) groups is 1. The molecule has 1 aliphatic heterocycles. The molecule has 0 amide bonds. The monoisotopic (exact) mass is 306 g/mol. The molecule has 0 saturated heterocycles. The second kappa shape index (κ2) is 6.34. The zero-order valence-corrected chi connectivity index (χ0v) is 12.5. The molecule has 2 aromatic rings. The Balaban J connectivity index is 2.15. The Kier molecular flexibility index (Phi) is 4.09. The van der Waals surface area contributed by atoms with Gasteiger partial charge >= 0.3 is 0 Å². The summed E-state index contributed by atoms with van der Waals surface area (Å²) in [5, 5.41) is 0. The highest BCUT2D eigenvalue weighted by Gasteiger charge is 2.37. The Morgan fingerprint density at radius 2 is 1.61 bits per heavy atom. The van der Waals surface area contributed by atoms with Crippen LogP contribution in [0.25, 0.3) is 5.76 Å². The van der Waals surface area contributed by atoms with E-state index in [-0.39, 0.29) is 11.3 Å². The molecule has 0 spiro atoms. The molecule has 23 heavy (non-hydrogen) atoms. The molecule has 114 valence electrons. The summed E-state index contributed by atoms with van der Waals surface area (Å²) in [5.41, 5.74) is 1.33. The lowest BCUT2D eigenvalue weighted by molar-refractivity contribution is -0.117. The summed E-state index contributed by atoms with van der Waals surface area (Å²) in [6, 6.07) is 18.3. The molecule has 0 fully saturated rings. The molecule has 1 heterocycles. The molecule has 4 heteroatoms. The lowest BCUT2D eigenvalue weighted by Crippen LogP contribution is -2.24. The summed E-state index contributed by atoms with van der Waals surface area (Å²) >= 11 is 0. The molecule has 0 N–H and O–H groups in total. The third-order valence-electron chi connectivity index (χ3n) is 3.61. The third-order valence-corrected chi connectivity index (χ3v) is 3.61. The lowest BCUT2D eigenvalue weighted by atomic mass is 9.94. The van der Waals surface area contributed by atoms with Crippen LogP contribution in [-0.2, 0) is 19.1 Å². The van der Waals surface area contributed by atoms with Crippen molar-refractivity contribution >= 4 is 17.5 Å². The maximum absolute atomic E-state index is 12.6. The predicted molar refractivity (Wildman–Crippen MR) is 84.9 cm³/mol. The van der Waals surface area contributed by atoms with Crippen molar-refractivity contribution in [2.45, 2.75) is 6.10 Å². The Morgan fingerprint density at radius 3 is 2.17 bits per heavy atom. The van der Waals surface area contributed by atoms with Crippen LogP contribution in [0.15, 0.2) is 72.0 Å². The van der Waals surface area contributed by atoms with Gasteiger partial charge in [0.25, 0.3) is 0 Å². The normalized spacial score (nSPS) is 17.5. The summed E-state index contributed by atoms with van der Waals surface area (Å²) in [7, 11) is 1.38. The molecule has 3 rings (SSSR count). The molecule has 0 radical (unpaired) electrons. The maximum Gasteiger partial charge on any atom is 0.242 e. The molecule has 0 aliphatic carbocycles. The number of hydrogen-bond donors (Lipinski definition) is 0.